The van der Waals surface area contributed by atoms with Crippen LogP contribution in [0.2, 0.25) is 19.1 Å². The second kappa shape index (κ2) is 15.1. The Balaban J connectivity index is 1.80. The van der Waals surface area contributed by atoms with Crippen LogP contribution in [0.4, 0.5) is 0 Å². The third-order valence-corrected chi connectivity index (χ3v) is 9.17. The molecule has 1 heterocycles. The van der Waals surface area contributed by atoms with Crippen LogP contribution in [0.15, 0.2) is 0 Å². The van der Waals surface area contributed by atoms with E-state index in [-0.39, 0.29) is 5.60 Å². The Labute approximate surface area is 173 Å². The van der Waals surface area contributed by atoms with Gasteiger partial charge in [0.15, 0.2) is 8.32 Å². The number of rotatable bonds is 17. The molecule has 162 valence electrons. The average molecular weight is 397 g/mol. The van der Waals surface area contributed by atoms with Crippen molar-refractivity contribution in [2.75, 3.05) is 0 Å². The van der Waals surface area contributed by atoms with Crippen molar-refractivity contribution in [2.45, 2.75) is 161 Å². The molecule has 0 spiro atoms. The van der Waals surface area contributed by atoms with Gasteiger partial charge in [0, 0.05) is 0 Å². The van der Waals surface area contributed by atoms with E-state index < -0.39 is 8.32 Å². The molecule has 1 rings (SSSR count). The van der Waals surface area contributed by atoms with Crippen molar-refractivity contribution in [3.05, 3.63) is 0 Å². The normalized spacial score (nSPS) is 22.2. The second-order valence-electron chi connectivity index (χ2n) is 10.2. The standard InChI is InChI=1S/C25H52OSi/c1-5-6-7-8-9-10-11-12-13-14-15-16-17-18-19-20-22-25(2)23-21-24-27(3,4)26-25/h5-24H2,1-4H3. The molecular formula is C25H52OSi. The highest BCUT2D eigenvalue weighted by molar-refractivity contribution is 6.71. The summed E-state index contributed by atoms with van der Waals surface area (Å²) in [5.41, 5.74) is 0.212. The molecule has 2 heteroatoms. The zero-order valence-electron chi connectivity index (χ0n) is 19.6. The Morgan fingerprint density at radius 3 is 1.48 bits per heavy atom. The molecule has 1 atom stereocenters. The van der Waals surface area contributed by atoms with E-state index in [4.69, 9.17) is 4.43 Å². The molecule has 0 aromatic rings. The van der Waals surface area contributed by atoms with Gasteiger partial charge in [0.1, 0.15) is 0 Å². The fourth-order valence-corrected chi connectivity index (χ4v) is 7.55. The fourth-order valence-electron chi connectivity index (χ4n) is 4.88. The molecule has 1 aliphatic heterocycles. The minimum absolute atomic E-state index is 0.212. The van der Waals surface area contributed by atoms with Crippen molar-refractivity contribution in [2.24, 2.45) is 0 Å². The van der Waals surface area contributed by atoms with Gasteiger partial charge < -0.3 is 4.43 Å². The first-order chi connectivity index (χ1) is 13.0. The van der Waals surface area contributed by atoms with Crippen molar-refractivity contribution in [3.63, 3.8) is 0 Å². The van der Waals surface area contributed by atoms with E-state index in [1.165, 1.54) is 128 Å². The molecule has 0 bridgehead atoms. The molecule has 0 aromatic heterocycles. The maximum absolute atomic E-state index is 6.52. The van der Waals surface area contributed by atoms with Gasteiger partial charge in [-0.2, -0.15) is 0 Å². The first-order valence-corrected chi connectivity index (χ1v) is 15.8. The largest absolute Gasteiger partial charge is 0.412 e. The molecule has 0 radical (unpaired) electrons. The Kier molecular flexibility index (Phi) is 14.1. The molecule has 0 N–H and O–H groups in total. The quantitative estimate of drug-likeness (QED) is 0.176. The highest BCUT2D eigenvalue weighted by atomic mass is 28.4. The third-order valence-electron chi connectivity index (χ3n) is 6.57. The van der Waals surface area contributed by atoms with Gasteiger partial charge in [-0.15, -0.1) is 0 Å². The van der Waals surface area contributed by atoms with Crippen LogP contribution in [0.25, 0.3) is 0 Å². The van der Waals surface area contributed by atoms with Crippen LogP contribution >= 0.6 is 0 Å². The molecular weight excluding hydrogens is 344 g/mol. The second-order valence-corrected chi connectivity index (χ2v) is 14.4. The van der Waals surface area contributed by atoms with Crippen molar-refractivity contribution < 1.29 is 4.43 Å². The van der Waals surface area contributed by atoms with Gasteiger partial charge in [0.05, 0.1) is 5.60 Å². The van der Waals surface area contributed by atoms with Gasteiger partial charge in [0.2, 0.25) is 0 Å². The summed E-state index contributed by atoms with van der Waals surface area (Å²) in [6.45, 7) is 9.48. The van der Waals surface area contributed by atoms with Gasteiger partial charge in [-0.05, 0) is 38.9 Å². The van der Waals surface area contributed by atoms with E-state index in [0.717, 1.165) is 0 Å². The summed E-state index contributed by atoms with van der Waals surface area (Å²) in [6.07, 6.45) is 27.2. The lowest BCUT2D eigenvalue weighted by Gasteiger charge is -2.43. The van der Waals surface area contributed by atoms with Crippen LogP contribution in [-0.4, -0.2) is 13.9 Å². The molecule has 1 fully saturated rings. The van der Waals surface area contributed by atoms with E-state index in [1.54, 1.807) is 0 Å². The maximum Gasteiger partial charge on any atom is 0.187 e. The Bertz CT molecular complexity index is 341. The van der Waals surface area contributed by atoms with Gasteiger partial charge in [-0.25, -0.2) is 0 Å². The summed E-state index contributed by atoms with van der Waals surface area (Å²) in [4.78, 5) is 0. The monoisotopic (exact) mass is 396 g/mol. The summed E-state index contributed by atoms with van der Waals surface area (Å²) < 4.78 is 6.52. The van der Waals surface area contributed by atoms with Gasteiger partial charge in [-0.1, -0.05) is 116 Å². The molecule has 0 amide bonds. The maximum atomic E-state index is 6.52. The van der Waals surface area contributed by atoms with E-state index >= 15 is 0 Å². The fraction of sp³-hybridized carbons (Fsp3) is 1.00. The Hall–Kier alpha value is 0.177. The molecule has 0 saturated carbocycles. The summed E-state index contributed by atoms with van der Waals surface area (Å²) in [5.74, 6) is 0. The van der Waals surface area contributed by atoms with Crippen LogP contribution in [0, 0.1) is 0 Å². The number of unbranched alkanes of at least 4 members (excludes halogenated alkanes) is 15. The molecule has 27 heavy (non-hydrogen) atoms. The van der Waals surface area contributed by atoms with Gasteiger partial charge >= 0.3 is 0 Å². The highest BCUT2D eigenvalue weighted by Crippen LogP contribution is 2.36. The van der Waals surface area contributed by atoms with Crippen LogP contribution in [0.3, 0.4) is 0 Å². The number of hydrogen-bond acceptors (Lipinski definition) is 1. The molecule has 1 nitrogen and oxygen atoms in total. The average Bonchev–Trinajstić information content (AvgIpc) is 2.60. The van der Waals surface area contributed by atoms with Crippen LogP contribution < -0.4 is 0 Å². The van der Waals surface area contributed by atoms with E-state index in [1.807, 2.05) is 0 Å². The molecule has 1 saturated heterocycles. The number of hydrogen-bond donors (Lipinski definition) is 0. The van der Waals surface area contributed by atoms with Crippen molar-refractivity contribution in [3.8, 4) is 0 Å². The SMILES string of the molecule is CCCCCCCCCCCCCCCCCCC1(C)CCC[Si](C)(C)O1. The van der Waals surface area contributed by atoms with Gasteiger partial charge in [-0.3, -0.25) is 0 Å². The van der Waals surface area contributed by atoms with E-state index in [0.29, 0.717) is 0 Å². The van der Waals surface area contributed by atoms with Crippen molar-refractivity contribution in [1.29, 1.82) is 0 Å². The van der Waals surface area contributed by atoms with E-state index in [9.17, 15) is 0 Å². The third kappa shape index (κ3) is 13.9. The summed E-state index contributed by atoms with van der Waals surface area (Å²) in [5, 5.41) is 0. The minimum Gasteiger partial charge on any atom is -0.412 e. The lowest BCUT2D eigenvalue weighted by molar-refractivity contribution is 0.0418. The Morgan fingerprint density at radius 1 is 0.667 bits per heavy atom. The predicted octanol–water partition coefficient (Wildman–Crippen LogP) is 9.41. The molecule has 1 aliphatic rings. The summed E-state index contributed by atoms with van der Waals surface area (Å²) in [6, 6.07) is 1.36. The topological polar surface area (TPSA) is 9.23 Å². The smallest absolute Gasteiger partial charge is 0.187 e. The summed E-state index contributed by atoms with van der Waals surface area (Å²) in [7, 11) is -1.34. The van der Waals surface area contributed by atoms with Crippen molar-refractivity contribution in [1.82, 2.24) is 0 Å². The molecule has 0 aromatic carbocycles. The first kappa shape index (κ1) is 25.2. The van der Waals surface area contributed by atoms with E-state index in [2.05, 4.69) is 26.9 Å². The zero-order chi connectivity index (χ0) is 19.8. The molecule has 1 unspecified atom stereocenters. The Morgan fingerprint density at radius 2 is 1.07 bits per heavy atom. The lowest BCUT2D eigenvalue weighted by Crippen LogP contribution is -2.46. The van der Waals surface area contributed by atoms with Gasteiger partial charge in [0.25, 0.3) is 0 Å². The lowest BCUT2D eigenvalue weighted by atomic mass is 9.93. The highest BCUT2D eigenvalue weighted by Gasteiger charge is 2.37. The predicted molar refractivity (Wildman–Crippen MR) is 125 cm³/mol. The first-order valence-electron chi connectivity index (χ1n) is 12.7. The van der Waals surface area contributed by atoms with Crippen LogP contribution in [0.1, 0.15) is 136 Å². The van der Waals surface area contributed by atoms with Crippen molar-refractivity contribution >= 4 is 8.32 Å². The summed E-state index contributed by atoms with van der Waals surface area (Å²) >= 11 is 0. The minimum atomic E-state index is -1.34. The van der Waals surface area contributed by atoms with Crippen LogP contribution in [-0.2, 0) is 4.43 Å². The zero-order valence-corrected chi connectivity index (χ0v) is 20.6. The van der Waals surface area contributed by atoms with Crippen LogP contribution in [0.5, 0.6) is 0 Å². The molecule has 0 aliphatic carbocycles.